The Balaban J connectivity index is 1.58. The number of carbonyl (C=O) groups excluding carboxylic acids is 1. The molecule has 6 heteroatoms. The molecule has 150 valence electrons. The number of amides is 1. The van der Waals surface area contributed by atoms with Crippen molar-refractivity contribution >= 4 is 15.9 Å². The van der Waals surface area contributed by atoms with Gasteiger partial charge in [0.2, 0.25) is 15.9 Å². The molecule has 2 aromatic rings. The summed E-state index contributed by atoms with van der Waals surface area (Å²) in [6.45, 7) is 3.22. The van der Waals surface area contributed by atoms with Crippen LogP contribution < -0.4 is 0 Å². The van der Waals surface area contributed by atoms with Gasteiger partial charge < -0.3 is 4.90 Å². The van der Waals surface area contributed by atoms with Gasteiger partial charge in [0.15, 0.2) is 0 Å². The van der Waals surface area contributed by atoms with Crippen molar-refractivity contribution < 1.29 is 13.2 Å². The van der Waals surface area contributed by atoms with Crippen molar-refractivity contribution in [2.75, 3.05) is 20.1 Å². The van der Waals surface area contributed by atoms with E-state index in [4.69, 9.17) is 0 Å². The largest absolute Gasteiger partial charge is 0.339 e. The molecule has 1 amide bonds. The van der Waals surface area contributed by atoms with Crippen LogP contribution in [0.15, 0.2) is 59.5 Å². The van der Waals surface area contributed by atoms with Crippen molar-refractivity contribution in [2.45, 2.75) is 43.5 Å². The number of aryl methyl sites for hydroxylation is 1. The molecule has 3 rings (SSSR count). The Labute approximate surface area is 168 Å². The van der Waals surface area contributed by atoms with Gasteiger partial charge >= 0.3 is 0 Å². The lowest BCUT2D eigenvalue weighted by atomic mass is 10.1. The maximum Gasteiger partial charge on any atom is 0.243 e. The van der Waals surface area contributed by atoms with E-state index in [-0.39, 0.29) is 11.9 Å². The topological polar surface area (TPSA) is 57.7 Å². The van der Waals surface area contributed by atoms with Gasteiger partial charge in [-0.15, -0.1) is 0 Å². The molecule has 1 heterocycles. The third kappa shape index (κ3) is 4.62. The van der Waals surface area contributed by atoms with Crippen molar-refractivity contribution in [3.8, 4) is 0 Å². The second kappa shape index (κ2) is 8.88. The van der Waals surface area contributed by atoms with Crippen molar-refractivity contribution in [3.63, 3.8) is 0 Å². The fourth-order valence-corrected chi connectivity index (χ4v) is 5.02. The van der Waals surface area contributed by atoms with Gasteiger partial charge in [-0.3, -0.25) is 4.79 Å². The highest BCUT2D eigenvalue weighted by Crippen LogP contribution is 2.22. The van der Waals surface area contributed by atoms with Gasteiger partial charge in [-0.2, -0.15) is 4.31 Å². The number of sulfonamides is 1. The van der Waals surface area contributed by atoms with Crippen LogP contribution in [0.3, 0.4) is 0 Å². The van der Waals surface area contributed by atoms with E-state index >= 15 is 0 Å². The number of nitrogens with zero attached hydrogens (tertiary/aromatic N) is 2. The first-order valence-corrected chi connectivity index (χ1v) is 11.2. The van der Waals surface area contributed by atoms with Crippen LogP contribution in [0.2, 0.25) is 0 Å². The zero-order valence-corrected chi connectivity index (χ0v) is 17.4. The molecule has 2 aromatic carbocycles. The maximum absolute atomic E-state index is 12.6. The predicted molar refractivity (Wildman–Crippen MR) is 110 cm³/mol. The van der Waals surface area contributed by atoms with E-state index in [1.807, 2.05) is 56.4 Å². The summed E-state index contributed by atoms with van der Waals surface area (Å²) in [7, 11) is -1.56. The summed E-state index contributed by atoms with van der Waals surface area (Å²) in [5, 5.41) is 0. The first kappa shape index (κ1) is 20.6. The minimum atomic E-state index is -3.38. The summed E-state index contributed by atoms with van der Waals surface area (Å²) in [5.41, 5.74) is 2.07. The summed E-state index contributed by atoms with van der Waals surface area (Å²) in [4.78, 5) is 14.7. The smallest absolute Gasteiger partial charge is 0.243 e. The molecule has 1 aliphatic rings. The average Bonchev–Trinajstić information content (AvgIpc) is 3.27. The van der Waals surface area contributed by atoms with Crippen LogP contribution in [-0.4, -0.2) is 43.7 Å². The summed E-state index contributed by atoms with van der Waals surface area (Å²) < 4.78 is 26.7. The van der Waals surface area contributed by atoms with Crippen LogP contribution in [0.1, 0.15) is 43.4 Å². The molecule has 1 unspecified atom stereocenters. The molecular weight excluding hydrogens is 372 g/mol. The van der Waals surface area contributed by atoms with Crippen LogP contribution in [0.5, 0.6) is 0 Å². The molecule has 5 nitrogen and oxygen atoms in total. The summed E-state index contributed by atoms with van der Waals surface area (Å²) in [6, 6.07) is 16.9. The first-order valence-electron chi connectivity index (χ1n) is 9.79. The number of hydrogen-bond acceptors (Lipinski definition) is 3. The highest BCUT2D eigenvalue weighted by atomic mass is 32.2. The molecule has 0 aromatic heterocycles. The van der Waals surface area contributed by atoms with Gasteiger partial charge in [-0.05, 0) is 49.4 Å². The summed E-state index contributed by atoms with van der Waals surface area (Å²) >= 11 is 0. The van der Waals surface area contributed by atoms with Crippen molar-refractivity contribution in [1.82, 2.24) is 9.21 Å². The molecule has 0 saturated carbocycles. The number of benzene rings is 2. The quantitative estimate of drug-likeness (QED) is 0.713. The highest BCUT2D eigenvalue weighted by molar-refractivity contribution is 7.89. The maximum atomic E-state index is 12.6. The third-order valence-corrected chi connectivity index (χ3v) is 7.42. The van der Waals surface area contributed by atoms with Crippen LogP contribution in [-0.2, 0) is 21.2 Å². The van der Waals surface area contributed by atoms with E-state index in [1.54, 1.807) is 21.3 Å². The van der Waals surface area contributed by atoms with Gasteiger partial charge in [0.05, 0.1) is 10.9 Å². The molecule has 0 aliphatic carbocycles. The Morgan fingerprint density at radius 3 is 2.25 bits per heavy atom. The molecule has 28 heavy (non-hydrogen) atoms. The Bertz CT molecular complexity index is 889. The zero-order chi connectivity index (χ0) is 20.1. The number of rotatable bonds is 7. The normalized spacial score (nSPS) is 16.1. The minimum absolute atomic E-state index is 0.0154. The molecule has 0 N–H and O–H groups in total. The first-order chi connectivity index (χ1) is 13.4. The Hall–Kier alpha value is -2.18. The zero-order valence-electron chi connectivity index (χ0n) is 16.5. The van der Waals surface area contributed by atoms with Crippen LogP contribution in [0.4, 0.5) is 0 Å². The standard InChI is InChI=1S/C22H28N2O3S/c1-18(20-8-4-3-5-9-20)23(2)22(25)15-12-19-10-13-21(14-11-19)28(26,27)24-16-6-7-17-24/h3-5,8-11,13-14,18H,6-7,12,15-17H2,1-2H3. The lowest BCUT2D eigenvalue weighted by molar-refractivity contribution is -0.131. The molecule has 1 fully saturated rings. The number of carbonyl (C=O) groups is 1. The van der Waals surface area contributed by atoms with Crippen molar-refractivity contribution in [3.05, 3.63) is 65.7 Å². The van der Waals surface area contributed by atoms with Gasteiger partial charge in [-0.25, -0.2) is 8.42 Å². The van der Waals surface area contributed by atoms with Crippen molar-refractivity contribution in [1.29, 1.82) is 0 Å². The number of hydrogen-bond donors (Lipinski definition) is 0. The van der Waals surface area contributed by atoms with E-state index in [0.29, 0.717) is 30.8 Å². The molecule has 0 spiro atoms. The molecular formula is C22H28N2O3S. The monoisotopic (exact) mass is 400 g/mol. The summed E-state index contributed by atoms with van der Waals surface area (Å²) in [5.74, 6) is 0.0742. The molecule has 1 aliphatic heterocycles. The van der Waals surface area contributed by atoms with Crippen LogP contribution in [0, 0.1) is 0 Å². The van der Waals surface area contributed by atoms with Crippen LogP contribution in [0.25, 0.3) is 0 Å². The second-order valence-electron chi connectivity index (χ2n) is 7.35. The van der Waals surface area contributed by atoms with Gasteiger partial charge in [0.25, 0.3) is 0 Å². The van der Waals surface area contributed by atoms with Gasteiger partial charge in [0, 0.05) is 26.6 Å². The Morgan fingerprint density at radius 1 is 1.04 bits per heavy atom. The van der Waals surface area contributed by atoms with Gasteiger partial charge in [0.1, 0.15) is 0 Å². The van der Waals surface area contributed by atoms with Crippen molar-refractivity contribution in [2.24, 2.45) is 0 Å². The summed E-state index contributed by atoms with van der Waals surface area (Å²) in [6.07, 6.45) is 2.84. The van der Waals surface area contributed by atoms with E-state index in [0.717, 1.165) is 24.0 Å². The second-order valence-corrected chi connectivity index (χ2v) is 9.28. The lowest BCUT2D eigenvalue weighted by Gasteiger charge is -2.25. The minimum Gasteiger partial charge on any atom is -0.339 e. The fourth-order valence-electron chi connectivity index (χ4n) is 3.50. The average molecular weight is 401 g/mol. The van der Waals surface area contributed by atoms with Crippen LogP contribution >= 0.6 is 0 Å². The van der Waals surface area contributed by atoms with E-state index < -0.39 is 10.0 Å². The highest BCUT2D eigenvalue weighted by Gasteiger charge is 2.27. The Kier molecular flexibility index (Phi) is 6.52. The fraction of sp³-hybridized carbons (Fsp3) is 0.409. The third-order valence-electron chi connectivity index (χ3n) is 5.51. The van der Waals surface area contributed by atoms with E-state index in [1.165, 1.54) is 0 Å². The molecule has 0 radical (unpaired) electrons. The molecule has 0 bridgehead atoms. The van der Waals surface area contributed by atoms with Gasteiger partial charge in [-0.1, -0.05) is 42.5 Å². The lowest BCUT2D eigenvalue weighted by Crippen LogP contribution is -2.29. The SMILES string of the molecule is CC(c1ccccc1)N(C)C(=O)CCc1ccc(S(=O)(=O)N2CCCC2)cc1. The molecule has 1 atom stereocenters. The molecule has 1 saturated heterocycles. The van der Waals surface area contributed by atoms with E-state index in [9.17, 15) is 13.2 Å². The predicted octanol–water partition coefficient (Wildman–Crippen LogP) is 3.62. The Morgan fingerprint density at radius 2 is 1.64 bits per heavy atom. The van der Waals surface area contributed by atoms with E-state index in [2.05, 4.69) is 0 Å².